The van der Waals surface area contributed by atoms with Crippen molar-refractivity contribution in [2.75, 3.05) is 0 Å². The number of hydrogen-bond donors (Lipinski definition) is 0. The van der Waals surface area contributed by atoms with Crippen LogP contribution < -0.4 is 0 Å². The van der Waals surface area contributed by atoms with Crippen molar-refractivity contribution in [1.82, 2.24) is 19.5 Å². The number of hydrogen-bond acceptors (Lipinski definition) is 5. The highest BCUT2D eigenvalue weighted by molar-refractivity contribution is 7.26. The van der Waals surface area contributed by atoms with Gasteiger partial charge in [-0.3, -0.25) is 0 Å². The van der Waals surface area contributed by atoms with Gasteiger partial charge in [-0.25, -0.2) is 15.0 Å². The molecule has 6 heteroatoms. The summed E-state index contributed by atoms with van der Waals surface area (Å²) in [6.07, 6.45) is 0. The summed E-state index contributed by atoms with van der Waals surface area (Å²) in [5.74, 6) is 1.79. The standard InChI is InChI=1S/C57H32N4OS/c1-2-14-34(15-3-1)55-58-56(44-22-12-21-42-41-19-9-11-24-50(41)63-54(42)44)60-57(59-55)46-31-37-29-38(26-27-40(37)52-43-20-8-10-23-49(43)62-53(46)52)61-47-28-25-33-13-6-7-18-39(33)51(47)45-30-35-16-4-5-17-36(35)32-48(45)61/h1-32H. The van der Waals surface area contributed by atoms with Gasteiger partial charge in [-0.2, -0.15) is 0 Å². The third-order valence-electron chi connectivity index (χ3n) is 12.8. The second-order valence-corrected chi connectivity index (χ2v) is 17.4. The second-order valence-electron chi connectivity index (χ2n) is 16.3. The molecule has 0 N–H and O–H groups in total. The van der Waals surface area contributed by atoms with E-state index in [1.807, 2.05) is 30.3 Å². The van der Waals surface area contributed by atoms with Gasteiger partial charge in [0.15, 0.2) is 17.5 Å². The predicted molar refractivity (Wildman–Crippen MR) is 263 cm³/mol. The van der Waals surface area contributed by atoms with Crippen LogP contribution in [0.1, 0.15) is 0 Å². The molecule has 0 aliphatic rings. The van der Waals surface area contributed by atoms with Gasteiger partial charge >= 0.3 is 0 Å². The monoisotopic (exact) mass is 820 g/mol. The van der Waals surface area contributed by atoms with Crippen molar-refractivity contribution in [1.29, 1.82) is 0 Å². The highest BCUT2D eigenvalue weighted by atomic mass is 32.1. The minimum absolute atomic E-state index is 0.558. The van der Waals surface area contributed by atoms with Crippen LogP contribution in [-0.2, 0) is 0 Å². The Hall–Kier alpha value is -8.19. The van der Waals surface area contributed by atoms with Crippen molar-refractivity contribution in [3.05, 3.63) is 194 Å². The van der Waals surface area contributed by atoms with Gasteiger partial charge in [0.05, 0.1) is 16.6 Å². The van der Waals surface area contributed by atoms with Crippen molar-refractivity contribution >= 4 is 108 Å². The maximum Gasteiger partial charge on any atom is 0.167 e. The van der Waals surface area contributed by atoms with Crippen molar-refractivity contribution in [3.8, 4) is 39.9 Å². The van der Waals surface area contributed by atoms with Gasteiger partial charge in [0.2, 0.25) is 0 Å². The molecule has 0 aliphatic heterocycles. The van der Waals surface area contributed by atoms with Crippen LogP contribution in [0.25, 0.3) is 136 Å². The summed E-state index contributed by atoms with van der Waals surface area (Å²) in [5.41, 5.74) is 7.68. The molecule has 0 amide bonds. The summed E-state index contributed by atoms with van der Waals surface area (Å²) in [4.78, 5) is 15.9. The summed E-state index contributed by atoms with van der Waals surface area (Å²) < 4.78 is 11.7. The largest absolute Gasteiger partial charge is 0.455 e. The molecule has 5 nitrogen and oxygen atoms in total. The number of thiophene rings is 1. The lowest BCUT2D eigenvalue weighted by Crippen LogP contribution is -2.01. The van der Waals surface area contributed by atoms with Gasteiger partial charge in [0.25, 0.3) is 0 Å². The molecule has 0 saturated carbocycles. The van der Waals surface area contributed by atoms with Crippen LogP contribution >= 0.6 is 11.3 Å². The van der Waals surface area contributed by atoms with Crippen molar-refractivity contribution in [3.63, 3.8) is 0 Å². The molecule has 14 aromatic rings. The normalized spacial score (nSPS) is 12.1. The third-order valence-corrected chi connectivity index (χ3v) is 14.0. The molecule has 0 saturated heterocycles. The van der Waals surface area contributed by atoms with E-state index in [0.29, 0.717) is 17.5 Å². The Labute approximate surface area is 363 Å². The third kappa shape index (κ3) is 5.13. The number of aromatic nitrogens is 4. The molecule has 10 aromatic carbocycles. The summed E-state index contributed by atoms with van der Waals surface area (Å²) >= 11 is 1.78. The lowest BCUT2D eigenvalue weighted by molar-refractivity contribution is 0.670. The van der Waals surface area contributed by atoms with Gasteiger partial charge < -0.3 is 8.98 Å². The van der Waals surface area contributed by atoms with E-state index < -0.39 is 0 Å². The van der Waals surface area contributed by atoms with Crippen LogP contribution in [0.3, 0.4) is 0 Å². The molecule has 0 radical (unpaired) electrons. The number of benzene rings is 10. The molecule has 4 heterocycles. The zero-order valence-corrected chi connectivity index (χ0v) is 34.4. The SMILES string of the molecule is c1ccc(-c2nc(-c3cc4cc(-n5c6cc7ccccc7cc6c6c7ccccc7ccc65)ccc4c4c3oc3ccccc34)nc(-c3cccc4c3sc3ccccc34)n2)cc1. The molecule has 292 valence electrons. The zero-order valence-electron chi connectivity index (χ0n) is 33.6. The molecular weight excluding hydrogens is 789 g/mol. The van der Waals surface area contributed by atoms with Gasteiger partial charge in [-0.1, -0.05) is 140 Å². The molecule has 14 rings (SSSR count). The molecule has 0 aliphatic carbocycles. The Balaban J connectivity index is 1.07. The highest BCUT2D eigenvalue weighted by Gasteiger charge is 2.23. The topological polar surface area (TPSA) is 56.7 Å². The number of para-hydroxylation sites is 1. The smallest absolute Gasteiger partial charge is 0.167 e. The fourth-order valence-corrected chi connectivity index (χ4v) is 11.1. The average molecular weight is 821 g/mol. The van der Waals surface area contributed by atoms with Crippen LogP contribution in [0, 0.1) is 0 Å². The molecule has 4 aromatic heterocycles. The van der Waals surface area contributed by atoms with E-state index in [0.717, 1.165) is 59.8 Å². The minimum atomic E-state index is 0.558. The molecular formula is C57H32N4OS. The first-order valence-electron chi connectivity index (χ1n) is 21.2. The molecule has 0 spiro atoms. The van der Waals surface area contributed by atoms with Crippen molar-refractivity contribution in [2.45, 2.75) is 0 Å². The van der Waals surface area contributed by atoms with E-state index in [4.69, 9.17) is 19.4 Å². The minimum Gasteiger partial charge on any atom is -0.455 e. The zero-order chi connectivity index (χ0) is 41.2. The van der Waals surface area contributed by atoms with Crippen LogP contribution in [0.2, 0.25) is 0 Å². The first-order chi connectivity index (χ1) is 31.2. The van der Waals surface area contributed by atoms with Crippen LogP contribution in [0.15, 0.2) is 199 Å². The predicted octanol–water partition coefficient (Wildman–Crippen LogP) is 15.7. The summed E-state index contributed by atoms with van der Waals surface area (Å²) in [6.45, 7) is 0. The van der Waals surface area contributed by atoms with E-state index in [-0.39, 0.29) is 0 Å². The Morgan fingerprint density at radius 2 is 1.08 bits per heavy atom. The van der Waals surface area contributed by atoms with E-state index in [2.05, 4.69) is 168 Å². The maximum atomic E-state index is 6.84. The number of furan rings is 1. The quantitative estimate of drug-likeness (QED) is 0.177. The summed E-state index contributed by atoms with van der Waals surface area (Å²) in [6, 6.07) is 69.2. The number of rotatable bonds is 4. The average Bonchev–Trinajstić information content (AvgIpc) is 4.03. The molecule has 0 unspecified atom stereocenters. The van der Waals surface area contributed by atoms with Crippen LogP contribution in [-0.4, -0.2) is 19.5 Å². The highest BCUT2D eigenvalue weighted by Crippen LogP contribution is 2.45. The Morgan fingerprint density at radius 3 is 1.95 bits per heavy atom. The molecule has 0 fully saturated rings. The fourth-order valence-electron chi connectivity index (χ4n) is 9.93. The molecule has 63 heavy (non-hydrogen) atoms. The summed E-state index contributed by atoms with van der Waals surface area (Å²) in [5, 5.41) is 14.1. The Kier molecular flexibility index (Phi) is 7.21. The lowest BCUT2D eigenvalue weighted by Gasteiger charge is -2.13. The van der Waals surface area contributed by atoms with Crippen LogP contribution in [0.5, 0.6) is 0 Å². The maximum absolute atomic E-state index is 6.84. The van der Waals surface area contributed by atoms with Crippen molar-refractivity contribution < 1.29 is 4.42 Å². The number of fused-ring (bicyclic) bond motifs is 14. The molecule has 0 bridgehead atoms. The Bertz CT molecular complexity index is 4220. The van der Waals surface area contributed by atoms with Gasteiger partial charge in [-0.05, 0) is 86.9 Å². The number of nitrogens with zero attached hydrogens (tertiary/aromatic N) is 4. The van der Waals surface area contributed by atoms with E-state index in [9.17, 15) is 0 Å². The van der Waals surface area contributed by atoms with Gasteiger partial charge in [-0.15, -0.1) is 11.3 Å². The second kappa shape index (κ2) is 13.2. The molecule has 0 atom stereocenters. The van der Waals surface area contributed by atoms with Gasteiger partial charge in [0, 0.05) is 58.5 Å². The van der Waals surface area contributed by atoms with Crippen LogP contribution in [0.4, 0.5) is 0 Å². The first kappa shape index (κ1) is 34.5. The first-order valence-corrected chi connectivity index (χ1v) is 22.0. The van der Waals surface area contributed by atoms with E-state index >= 15 is 0 Å². The fraction of sp³-hybridized carbons (Fsp3) is 0. The Morgan fingerprint density at radius 1 is 0.397 bits per heavy atom. The van der Waals surface area contributed by atoms with Crippen molar-refractivity contribution in [2.24, 2.45) is 0 Å². The summed E-state index contributed by atoms with van der Waals surface area (Å²) in [7, 11) is 0. The van der Waals surface area contributed by atoms with E-state index in [1.54, 1.807) is 11.3 Å². The van der Waals surface area contributed by atoms with Gasteiger partial charge in [0.1, 0.15) is 11.2 Å². The van der Waals surface area contributed by atoms with E-state index in [1.165, 1.54) is 58.8 Å². The lowest BCUT2D eigenvalue weighted by atomic mass is 9.99.